The SMILES string of the molecule is O=C(c1ccccc1F)N1CCCN(C(=O)C2CCCN2C(=O)c2ccccc2)CC1. The molecule has 7 heteroatoms. The van der Waals surface area contributed by atoms with Gasteiger partial charge in [-0.2, -0.15) is 0 Å². The van der Waals surface area contributed by atoms with Gasteiger partial charge in [0.25, 0.3) is 11.8 Å². The third-order valence-electron chi connectivity index (χ3n) is 6.02. The molecule has 0 radical (unpaired) electrons. The third-order valence-corrected chi connectivity index (χ3v) is 6.02. The quantitative estimate of drug-likeness (QED) is 0.763. The van der Waals surface area contributed by atoms with Crippen molar-refractivity contribution in [1.82, 2.24) is 14.7 Å². The van der Waals surface area contributed by atoms with Crippen LogP contribution in [-0.4, -0.2) is 71.2 Å². The van der Waals surface area contributed by atoms with Crippen molar-refractivity contribution in [3.8, 4) is 0 Å². The van der Waals surface area contributed by atoms with Crippen LogP contribution in [0.4, 0.5) is 4.39 Å². The Morgan fingerprint density at radius 1 is 0.742 bits per heavy atom. The topological polar surface area (TPSA) is 60.9 Å². The van der Waals surface area contributed by atoms with Gasteiger partial charge in [0, 0.05) is 38.3 Å². The maximum Gasteiger partial charge on any atom is 0.256 e. The average Bonchev–Trinajstić information content (AvgIpc) is 3.16. The zero-order valence-electron chi connectivity index (χ0n) is 17.4. The summed E-state index contributed by atoms with van der Waals surface area (Å²) in [4.78, 5) is 43.9. The maximum absolute atomic E-state index is 14.0. The summed E-state index contributed by atoms with van der Waals surface area (Å²) < 4.78 is 14.0. The van der Waals surface area contributed by atoms with Gasteiger partial charge >= 0.3 is 0 Å². The van der Waals surface area contributed by atoms with Gasteiger partial charge in [0.2, 0.25) is 5.91 Å². The Labute approximate surface area is 181 Å². The Morgan fingerprint density at radius 2 is 1.42 bits per heavy atom. The molecule has 31 heavy (non-hydrogen) atoms. The number of carbonyl (C=O) groups excluding carboxylic acids is 3. The first-order valence-corrected chi connectivity index (χ1v) is 10.7. The van der Waals surface area contributed by atoms with E-state index in [0.29, 0.717) is 51.1 Å². The molecular formula is C24H26FN3O3. The van der Waals surface area contributed by atoms with E-state index in [4.69, 9.17) is 0 Å². The normalized spacial score (nSPS) is 19.3. The second-order valence-corrected chi connectivity index (χ2v) is 7.97. The predicted molar refractivity (Wildman–Crippen MR) is 114 cm³/mol. The Balaban J connectivity index is 1.42. The largest absolute Gasteiger partial charge is 0.339 e. The van der Waals surface area contributed by atoms with Crippen molar-refractivity contribution >= 4 is 17.7 Å². The second-order valence-electron chi connectivity index (χ2n) is 7.97. The van der Waals surface area contributed by atoms with Crippen LogP contribution in [0.2, 0.25) is 0 Å². The van der Waals surface area contributed by atoms with Gasteiger partial charge < -0.3 is 14.7 Å². The van der Waals surface area contributed by atoms with Gasteiger partial charge in [-0.25, -0.2) is 4.39 Å². The molecule has 0 aromatic heterocycles. The lowest BCUT2D eigenvalue weighted by molar-refractivity contribution is -0.135. The molecule has 1 unspecified atom stereocenters. The number of benzene rings is 2. The summed E-state index contributed by atoms with van der Waals surface area (Å²) in [5.74, 6) is -1.08. The van der Waals surface area contributed by atoms with Gasteiger partial charge in [-0.15, -0.1) is 0 Å². The van der Waals surface area contributed by atoms with Crippen LogP contribution in [0.15, 0.2) is 54.6 Å². The summed E-state index contributed by atoms with van der Waals surface area (Å²) in [6.45, 7) is 2.27. The van der Waals surface area contributed by atoms with Crippen LogP contribution >= 0.6 is 0 Å². The van der Waals surface area contributed by atoms with E-state index in [0.717, 1.165) is 6.42 Å². The van der Waals surface area contributed by atoms with Crippen molar-refractivity contribution in [3.63, 3.8) is 0 Å². The molecule has 6 nitrogen and oxygen atoms in total. The van der Waals surface area contributed by atoms with Crippen molar-refractivity contribution in [2.45, 2.75) is 25.3 Å². The molecule has 162 valence electrons. The number of likely N-dealkylation sites (tertiary alicyclic amines) is 1. The molecule has 0 saturated carbocycles. The molecular weight excluding hydrogens is 397 g/mol. The van der Waals surface area contributed by atoms with Crippen molar-refractivity contribution in [2.75, 3.05) is 32.7 Å². The number of nitrogens with zero attached hydrogens (tertiary/aromatic N) is 3. The summed E-state index contributed by atoms with van der Waals surface area (Å²) in [7, 11) is 0. The molecule has 2 aliphatic rings. The minimum Gasteiger partial charge on any atom is -0.339 e. The smallest absolute Gasteiger partial charge is 0.256 e. The number of hydrogen-bond acceptors (Lipinski definition) is 3. The molecule has 2 heterocycles. The van der Waals surface area contributed by atoms with Crippen molar-refractivity contribution in [2.24, 2.45) is 0 Å². The summed E-state index contributed by atoms with van der Waals surface area (Å²) >= 11 is 0. The Kier molecular flexibility index (Phi) is 6.30. The van der Waals surface area contributed by atoms with E-state index >= 15 is 0 Å². The van der Waals surface area contributed by atoms with E-state index in [9.17, 15) is 18.8 Å². The minimum absolute atomic E-state index is 0.0534. The van der Waals surface area contributed by atoms with Gasteiger partial charge in [-0.1, -0.05) is 30.3 Å². The van der Waals surface area contributed by atoms with Crippen LogP contribution in [0, 0.1) is 5.82 Å². The fourth-order valence-corrected chi connectivity index (χ4v) is 4.37. The molecule has 2 fully saturated rings. The Morgan fingerprint density at radius 3 is 2.19 bits per heavy atom. The molecule has 0 aliphatic carbocycles. The molecule has 2 aromatic rings. The van der Waals surface area contributed by atoms with E-state index < -0.39 is 11.9 Å². The van der Waals surface area contributed by atoms with E-state index in [1.807, 2.05) is 18.2 Å². The highest BCUT2D eigenvalue weighted by Crippen LogP contribution is 2.23. The fraction of sp³-hybridized carbons (Fsp3) is 0.375. The van der Waals surface area contributed by atoms with E-state index in [2.05, 4.69) is 0 Å². The average molecular weight is 423 g/mol. The molecule has 0 N–H and O–H groups in total. The number of hydrogen-bond donors (Lipinski definition) is 0. The monoisotopic (exact) mass is 423 g/mol. The molecule has 4 rings (SSSR count). The summed E-state index contributed by atoms with van der Waals surface area (Å²) in [5.41, 5.74) is 0.637. The first-order valence-electron chi connectivity index (χ1n) is 10.7. The molecule has 1 atom stereocenters. The summed E-state index contributed by atoms with van der Waals surface area (Å²) in [6, 6.07) is 14.5. The van der Waals surface area contributed by atoms with Gasteiger partial charge in [-0.05, 0) is 43.5 Å². The zero-order chi connectivity index (χ0) is 21.8. The third kappa shape index (κ3) is 4.45. The predicted octanol–water partition coefficient (Wildman–Crippen LogP) is 2.81. The molecule has 0 bridgehead atoms. The standard InChI is InChI=1S/C24H26FN3O3/c25-20-11-5-4-10-19(20)23(30)26-13-7-14-27(17-16-26)24(31)21-12-6-15-28(21)22(29)18-8-2-1-3-9-18/h1-5,8-11,21H,6-7,12-17H2. The minimum atomic E-state index is -0.536. The van der Waals surface area contributed by atoms with E-state index in [-0.39, 0.29) is 23.3 Å². The van der Waals surface area contributed by atoms with E-state index in [1.165, 1.54) is 12.1 Å². The van der Waals surface area contributed by atoms with Crippen LogP contribution in [0.3, 0.4) is 0 Å². The van der Waals surface area contributed by atoms with Gasteiger partial charge in [0.1, 0.15) is 11.9 Å². The second kappa shape index (κ2) is 9.29. The first kappa shape index (κ1) is 21.0. The van der Waals surface area contributed by atoms with Crippen molar-refractivity contribution in [1.29, 1.82) is 0 Å². The molecule has 0 spiro atoms. The number of halogens is 1. The van der Waals surface area contributed by atoms with Crippen LogP contribution in [0.5, 0.6) is 0 Å². The van der Waals surface area contributed by atoms with Crippen LogP contribution in [0.1, 0.15) is 40.0 Å². The van der Waals surface area contributed by atoms with Crippen LogP contribution in [-0.2, 0) is 4.79 Å². The fourth-order valence-electron chi connectivity index (χ4n) is 4.37. The van der Waals surface area contributed by atoms with Crippen LogP contribution < -0.4 is 0 Å². The Bertz CT molecular complexity index is 966. The lowest BCUT2D eigenvalue weighted by Crippen LogP contribution is -2.48. The zero-order valence-corrected chi connectivity index (χ0v) is 17.4. The van der Waals surface area contributed by atoms with Crippen LogP contribution in [0.25, 0.3) is 0 Å². The van der Waals surface area contributed by atoms with Crippen molar-refractivity contribution in [3.05, 3.63) is 71.5 Å². The molecule has 2 aromatic carbocycles. The van der Waals surface area contributed by atoms with Gasteiger partial charge in [0.05, 0.1) is 5.56 Å². The summed E-state index contributed by atoms with van der Waals surface area (Å²) in [5, 5.41) is 0. The first-order chi connectivity index (χ1) is 15.1. The Hall–Kier alpha value is -3.22. The molecule has 3 amide bonds. The van der Waals surface area contributed by atoms with E-state index in [1.54, 1.807) is 39.0 Å². The van der Waals surface area contributed by atoms with Gasteiger partial charge in [-0.3, -0.25) is 14.4 Å². The number of rotatable bonds is 3. The summed E-state index contributed by atoms with van der Waals surface area (Å²) in [6.07, 6.45) is 2.05. The number of amides is 3. The highest BCUT2D eigenvalue weighted by atomic mass is 19.1. The number of carbonyl (C=O) groups is 3. The molecule has 2 aliphatic heterocycles. The van der Waals surface area contributed by atoms with Gasteiger partial charge in [0.15, 0.2) is 0 Å². The highest BCUT2D eigenvalue weighted by molar-refractivity contribution is 5.98. The molecule has 2 saturated heterocycles. The maximum atomic E-state index is 14.0. The lowest BCUT2D eigenvalue weighted by Gasteiger charge is -2.29. The van der Waals surface area contributed by atoms with Crippen molar-refractivity contribution < 1.29 is 18.8 Å². The highest BCUT2D eigenvalue weighted by Gasteiger charge is 2.37. The lowest BCUT2D eigenvalue weighted by atomic mass is 10.1.